The van der Waals surface area contributed by atoms with E-state index in [0.717, 1.165) is 0 Å². The van der Waals surface area contributed by atoms with Crippen molar-refractivity contribution >= 4 is 11.6 Å². The molecule has 0 saturated heterocycles. The average molecular weight is 218 g/mol. The molecule has 1 aliphatic heterocycles. The normalized spacial score (nSPS) is 23.1. The molecular formula is C10H10N4O2. The summed E-state index contributed by atoms with van der Waals surface area (Å²) in [4.78, 5) is 16.0. The minimum atomic E-state index is -1.50. The molecule has 0 fully saturated rings. The molecule has 0 saturated carbocycles. The van der Waals surface area contributed by atoms with Gasteiger partial charge in [-0.2, -0.15) is 0 Å². The van der Waals surface area contributed by atoms with E-state index in [1.165, 1.54) is 11.8 Å². The second kappa shape index (κ2) is 3.43. The molecule has 1 atom stereocenters. The summed E-state index contributed by atoms with van der Waals surface area (Å²) in [6, 6.07) is 7.09. The van der Waals surface area contributed by atoms with Gasteiger partial charge in [-0.25, -0.2) is 0 Å². The van der Waals surface area contributed by atoms with Crippen LogP contribution in [0.15, 0.2) is 29.4 Å². The van der Waals surface area contributed by atoms with E-state index in [0.29, 0.717) is 11.4 Å². The SMILES string of the molecule is CN1C(=O)C(C)(N=[N+]=[N-])Oc2ccccc21. The zero-order valence-electron chi connectivity index (χ0n) is 8.91. The molecule has 1 aliphatic rings. The van der Waals surface area contributed by atoms with Crippen LogP contribution in [-0.4, -0.2) is 18.7 Å². The van der Waals surface area contributed by atoms with Crippen LogP contribution in [-0.2, 0) is 4.79 Å². The second-order valence-corrected chi connectivity index (χ2v) is 3.61. The topological polar surface area (TPSA) is 78.3 Å². The van der Waals surface area contributed by atoms with Gasteiger partial charge in [-0.05, 0) is 29.7 Å². The Balaban J connectivity index is 2.55. The Bertz CT molecular complexity index is 495. The number of likely N-dealkylation sites (N-methyl/N-ethyl adjacent to an activating group) is 1. The summed E-state index contributed by atoms with van der Waals surface area (Å²) in [6.45, 7) is 1.45. The molecule has 0 spiro atoms. The van der Waals surface area contributed by atoms with Gasteiger partial charge >= 0.3 is 0 Å². The highest BCUT2D eigenvalue weighted by Crippen LogP contribution is 2.37. The molecule has 82 valence electrons. The Labute approximate surface area is 92.1 Å². The molecule has 1 unspecified atom stereocenters. The summed E-state index contributed by atoms with van der Waals surface area (Å²) in [5.74, 6) is 0.142. The molecule has 1 aromatic carbocycles. The molecule has 6 heteroatoms. The van der Waals surface area contributed by atoms with Gasteiger partial charge < -0.3 is 9.64 Å². The van der Waals surface area contributed by atoms with Crippen LogP contribution in [0.4, 0.5) is 5.69 Å². The maximum atomic E-state index is 11.9. The summed E-state index contributed by atoms with van der Waals surface area (Å²) >= 11 is 0. The molecule has 1 aromatic rings. The van der Waals surface area contributed by atoms with Gasteiger partial charge in [0.25, 0.3) is 11.6 Å². The number of benzene rings is 1. The lowest BCUT2D eigenvalue weighted by atomic mass is 10.1. The number of amides is 1. The van der Waals surface area contributed by atoms with Gasteiger partial charge in [0, 0.05) is 12.0 Å². The highest BCUT2D eigenvalue weighted by molar-refractivity contribution is 6.01. The van der Waals surface area contributed by atoms with E-state index in [-0.39, 0.29) is 5.91 Å². The first-order valence-electron chi connectivity index (χ1n) is 4.71. The van der Waals surface area contributed by atoms with Gasteiger partial charge in [0.2, 0.25) is 0 Å². The Morgan fingerprint density at radius 1 is 1.50 bits per heavy atom. The fourth-order valence-electron chi connectivity index (χ4n) is 1.65. The van der Waals surface area contributed by atoms with Crippen molar-refractivity contribution in [3.8, 4) is 5.75 Å². The monoisotopic (exact) mass is 218 g/mol. The predicted molar refractivity (Wildman–Crippen MR) is 58.0 cm³/mol. The number of fused-ring (bicyclic) bond motifs is 1. The number of carbonyl (C=O) groups is 1. The van der Waals surface area contributed by atoms with Crippen LogP contribution >= 0.6 is 0 Å². The standard InChI is InChI=1S/C10H10N4O2/c1-10(12-13-11)9(15)14(2)7-5-3-4-6-8(7)16-10/h3-6H,1-2H3. The van der Waals surface area contributed by atoms with Gasteiger partial charge in [0.1, 0.15) is 5.75 Å². The fraction of sp³-hybridized carbons (Fsp3) is 0.300. The van der Waals surface area contributed by atoms with Crippen molar-refractivity contribution in [2.75, 3.05) is 11.9 Å². The molecule has 16 heavy (non-hydrogen) atoms. The van der Waals surface area contributed by atoms with Crippen molar-refractivity contribution in [1.29, 1.82) is 0 Å². The zero-order valence-corrected chi connectivity index (χ0v) is 8.91. The molecule has 6 nitrogen and oxygen atoms in total. The van der Waals surface area contributed by atoms with Crippen molar-refractivity contribution in [3.05, 3.63) is 34.7 Å². The van der Waals surface area contributed by atoms with E-state index in [4.69, 9.17) is 10.3 Å². The maximum absolute atomic E-state index is 11.9. The van der Waals surface area contributed by atoms with Crippen LogP contribution in [0, 0.1) is 0 Å². The van der Waals surface area contributed by atoms with E-state index < -0.39 is 5.72 Å². The quantitative estimate of drug-likeness (QED) is 0.411. The van der Waals surface area contributed by atoms with E-state index in [1.54, 1.807) is 25.2 Å². The first-order valence-corrected chi connectivity index (χ1v) is 4.71. The van der Waals surface area contributed by atoms with Crippen LogP contribution in [0.25, 0.3) is 10.4 Å². The third kappa shape index (κ3) is 1.36. The van der Waals surface area contributed by atoms with Crippen molar-refractivity contribution in [2.24, 2.45) is 5.11 Å². The minimum absolute atomic E-state index is 0.385. The number of nitrogens with zero attached hydrogens (tertiary/aromatic N) is 4. The molecule has 1 amide bonds. The summed E-state index contributed by atoms with van der Waals surface area (Å²) in [5.41, 5.74) is 7.61. The van der Waals surface area contributed by atoms with Gasteiger partial charge in [0.15, 0.2) is 0 Å². The number of hydrogen-bond acceptors (Lipinski definition) is 3. The van der Waals surface area contributed by atoms with Crippen molar-refractivity contribution in [3.63, 3.8) is 0 Å². The number of anilines is 1. The Morgan fingerprint density at radius 2 is 2.19 bits per heavy atom. The molecule has 0 aromatic heterocycles. The summed E-state index contributed by atoms with van der Waals surface area (Å²) in [6.07, 6.45) is 0. The Kier molecular flexibility index (Phi) is 2.21. The maximum Gasteiger partial charge on any atom is 0.276 e. The molecular weight excluding hydrogens is 208 g/mol. The van der Waals surface area contributed by atoms with Gasteiger partial charge in [0.05, 0.1) is 5.69 Å². The number of azide groups is 1. The lowest BCUT2D eigenvalue weighted by molar-refractivity contribution is -0.133. The average Bonchev–Trinajstić information content (AvgIpc) is 2.27. The molecule has 0 bridgehead atoms. The Hall–Kier alpha value is -2.20. The van der Waals surface area contributed by atoms with Crippen LogP contribution in [0.5, 0.6) is 5.75 Å². The minimum Gasteiger partial charge on any atom is -0.469 e. The fourth-order valence-corrected chi connectivity index (χ4v) is 1.65. The van der Waals surface area contributed by atoms with E-state index >= 15 is 0 Å². The van der Waals surface area contributed by atoms with E-state index in [2.05, 4.69) is 10.0 Å². The molecule has 1 heterocycles. The number of rotatable bonds is 1. The van der Waals surface area contributed by atoms with Gasteiger partial charge in [-0.1, -0.05) is 12.1 Å². The number of ether oxygens (including phenoxy) is 1. The highest BCUT2D eigenvalue weighted by atomic mass is 16.5. The first kappa shape index (κ1) is 10.3. The second-order valence-electron chi connectivity index (χ2n) is 3.61. The summed E-state index contributed by atoms with van der Waals surface area (Å²) < 4.78 is 5.43. The van der Waals surface area contributed by atoms with Crippen molar-refractivity contribution in [2.45, 2.75) is 12.6 Å². The van der Waals surface area contributed by atoms with Gasteiger partial charge in [-0.15, -0.1) is 0 Å². The van der Waals surface area contributed by atoms with Crippen LogP contribution in [0.3, 0.4) is 0 Å². The van der Waals surface area contributed by atoms with Crippen LogP contribution < -0.4 is 9.64 Å². The lowest BCUT2D eigenvalue weighted by Gasteiger charge is -2.35. The smallest absolute Gasteiger partial charge is 0.276 e. The highest BCUT2D eigenvalue weighted by Gasteiger charge is 2.42. The molecule has 0 radical (unpaired) electrons. The Morgan fingerprint density at radius 3 is 2.88 bits per heavy atom. The van der Waals surface area contributed by atoms with Crippen LogP contribution in [0.1, 0.15) is 6.92 Å². The van der Waals surface area contributed by atoms with Crippen LogP contribution in [0.2, 0.25) is 0 Å². The molecule has 0 aliphatic carbocycles. The van der Waals surface area contributed by atoms with Crippen molar-refractivity contribution in [1.82, 2.24) is 0 Å². The zero-order chi connectivity index (χ0) is 11.8. The van der Waals surface area contributed by atoms with Crippen molar-refractivity contribution < 1.29 is 9.53 Å². The third-order valence-corrected chi connectivity index (χ3v) is 2.47. The summed E-state index contributed by atoms with van der Waals surface area (Å²) in [7, 11) is 1.62. The molecule has 2 rings (SSSR count). The first-order chi connectivity index (χ1) is 7.58. The number of carbonyl (C=O) groups excluding carboxylic acids is 1. The van der Waals surface area contributed by atoms with E-state index in [9.17, 15) is 4.79 Å². The van der Waals surface area contributed by atoms with E-state index in [1.807, 2.05) is 6.07 Å². The number of hydrogen-bond donors (Lipinski definition) is 0. The third-order valence-electron chi connectivity index (χ3n) is 2.47. The summed E-state index contributed by atoms with van der Waals surface area (Å²) in [5, 5.41) is 3.41. The number of para-hydroxylation sites is 2. The van der Waals surface area contributed by atoms with Gasteiger partial charge in [-0.3, -0.25) is 4.79 Å². The predicted octanol–water partition coefficient (Wildman–Crippen LogP) is 2.07. The lowest BCUT2D eigenvalue weighted by Crippen LogP contribution is -2.51. The largest absolute Gasteiger partial charge is 0.469 e. The molecule has 0 N–H and O–H groups in total.